The highest BCUT2D eigenvalue weighted by molar-refractivity contribution is 7.80. The van der Waals surface area contributed by atoms with Crippen molar-refractivity contribution in [3.63, 3.8) is 0 Å². The summed E-state index contributed by atoms with van der Waals surface area (Å²) >= 11 is 4.81. The maximum atomic E-state index is 11.6. The summed E-state index contributed by atoms with van der Waals surface area (Å²) in [5, 5.41) is 3.06. The molecule has 80 valence electrons. The monoisotopic (exact) mass is 223 g/mol. The zero-order chi connectivity index (χ0) is 11.3. The van der Waals surface area contributed by atoms with Gasteiger partial charge < -0.3 is 5.32 Å². The van der Waals surface area contributed by atoms with Gasteiger partial charge in [-0.15, -0.1) is 0 Å². The van der Waals surface area contributed by atoms with Gasteiger partial charge in [-0.25, -0.2) is 0 Å². The third-order valence-corrected chi connectivity index (χ3v) is 2.10. The topological polar surface area (TPSA) is 53.2 Å². The number of hydrazine groups is 1. The predicted molar refractivity (Wildman–Crippen MR) is 63.4 cm³/mol. The Morgan fingerprint density at radius 2 is 2.07 bits per heavy atom. The molecule has 0 saturated heterocycles. The molecule has 0 heterocycles. The molecule has 4 nitrogen and oxygen atoms in total. The van der Waals surface area contributed by atoms with E-state index < -0.39 is 0 Å². The van der Waals surface area contributed by atoms with Gasteiger partial charge in [0.15, 0.2) is 5.11 Å². The van der Waals surface area contributed by atoms with Crippen molar-refractivity contribution >= 4 is 23.2 Å². The van der Waals surface area contributed by atoms with E-state index in [9.17, 15) is 4.79 Å². The molecular formula is C10H13N3OS. The Bertz CT molecular complexity index is 379. The van der Waals surface area contributed by atoms with Crippen molar-refractivity contribution in [2.75, 3.05) is 7.05 Å². The number of hydrogen-bond acceptors (Lipinski definition) is 2. The van der Waals surface area contributed by atoms with Crippen LogP contribution in [0.3, 0.4) is 0 Å². The van der Waals surface area contributed by atoms with Crippen molar-refractivity contribution in [3.8, 4) is 0 Å². The summed E-state index contributed by atoms with van der Waals surface area (Å²) in [6, 6.07) is 7.31. The van der Waals surface area contributed by atoms with Gasteiger partial charge in [0.1, 0.15) is 0 Å². The van der Waals surface area contributed by atoms with Crippen molar-refractivity contribution in [2.24, 2.45) is 0 Å². The lowest BCUT2D eigenvalue weighted by Crippen LogP contribution is -2.45. The van der Waals surface area contributed by atoms with Crippen molar-refractivity contribution in [1.29, 1.82) is 0 Å². The van der Waals surface area contributed by atoms with Crippen LogP contribution in [0.2, 0.25) is 0 Å². The fourth-order valence-corrected chi connectivity index (χ4v) is 1.09. The van der Waals surface area contributed by atoms with Crippen LogP contribution in [0, 0.1) is 6.92 Å². The summed E-state index contributed by atoms with van der Waals surface area (Å²) in [4.78, 5) is 11.6. The highest BCUT2D eigenvalue weighted by atomic mass is 32.1. The Hall–Kier alpha value is -1.62. The summed E-state index contributed by atoms with van der Waals surface area (Å²) in [7, 11) is 1.67. The van der Waals surface area contributed by atoms with E-state index in [1.807, 2.05) is 19.1 Å². The molecule has 0 saturated carbocycles. The molecule has 15 heavy (non-hydrogen) atoms. The first kappa shape index (κ1) is 11.5. The van der Waals surface area contributed by atoms with E-state index >= 15 is 0 Å². The van der Waals surface area contributed by atoms with E-state index in [0.29, 0.717) is 10.7 Å². The van der Waals surface area contributed by atoms with Gasteiger partial charge in [-0.1, -0.05) is 17.7 Å². The molecule has 0 aliphatic carbocycles. The molecule has 0 spiro atoms. The fourth-order valence-electron chi connectivity index (χ4n) is 1.03. The van der Waals surface area contributed by atoms with Crippen LogP contribution >= 0.6 is 12.2 Å². The summed E-state index contributed by atoms with van der Waals surface area (Å²) in [5.74, 6) is -0.212. The lowest BCUT2D eigenvalue weighted by molar-refractivity contribution is 0.0943. The third-order valence-electron chi connectivity index (χ3n) is 1.80. The number of aryl methyl sites for hydroxylation is 1. The van der Waals surface area contributed by atoms with Crippen molar-refractivity contribution in [3.05, 3.63) is 35.4 Å². The maximum Gasteiger partial charge on any atom is 0.269 e. The molecule has 1 rings (SSSR count). The predicted octanol–water partition coefficient (Wildman–Crippen LogP) is 0.734. The van der Waals surface area contributed by atoms with Crippen LogP contribution in [0.15, 0.2) is 24.3 Å². The molecule has 0 unspecified atom stereocenters. The molecule has 0 radical (unpaired) electrons. The van der Waals surface area contributed by atoms with Gasteiger partial charge >= 0.3 is 0 Å². The molecule has 0 aliphatic heterocycles. The highest BCUT2D eigenvalue weighted by Crippen LogP contribution is 2.02. The highest BCUT2D eigenvalue weighted by Gasteiger charge is 2.04. The first-order valence-corrected chi connectivity index (χ1v) is 4.89. The summed E-state index contributed by atoms with van der Waals surface area (Å²) < 4.78 is 0. The Balaban J connectivity index is 2.58. The fraction of sp³-hybridized carbons (Fsp3) is 0.200. The Morgan fingerprint density at radius 3 is 2.67 bits per heavy atom. The molecule has 0 aliphatic rings. The quantitative estimate of drug-likeness (QED) is 0.485. The summed E-state index contributed by atoms with van der Waals surface area (Å²) in [6.45, 7) is 1.93. The van der Waals surface area contributed by atoms with Gasteiger partial charge in [0, 0.05) is 12.6 Å². The largest absolute Gasteiger partial charge is 0.364 e. The van der Waals surface area contributed by atoms with Crippen LogP contribution in [0.25, 0.3) is 0 Å². The second-order valence-electron chi connectivity index (χ2n) is 3.03. The number of rotatable bonds is 1. The average Bonchev–Trinajstić information content (AvgIpc) is 2.25. The minimum absolute atomic E-state index is 0.212. The normalized spacial score (nSPS) is 9.20. The second kappa shape index (κ2) is 5.31. The molecule has 1 aromatic rings. The van der Waals surface area contributed by atoms with Crippen LogP contribution in [0.4, 0.5) is 0 Å². The zero-order valence-corrected chi connectivity index (χ0v) is 9.44. The van der Waals surface area contributed by atoms with Gasteiger partial charge in [0.2, 0.25) is 0 Å². The lowest BCUT2D eigenvalue weighted by atomic mass is 10.1. The lowest BCUT2D eigenvalue weighted by Gasteiger charge is -2.08. The molecule has 1 aromatic carbocycles. The number of nitrogens with one attached hydrogen (secondary N) is 3. The smallest absolute Gasteiger partial charge is 0.269 e. The first-order chi connectivity index (χ1) is 7.13. The van der Waals surface area contributed by atoms with Crippen molar-refractivity contribution in [2.45, 2.75) is 6.92 Å². The molecule has 0 aromatic heterocycles. The third kappa shape index (κ3) is 3.55. The molecule has 5 heteroatoms. The number of benzene rings is 1. The number of thiocarbonyl (C=S) groups is 1. The van der Waals surface area contributed by atoms with E-state index in [-0.39, 0.29) is 5.91 Å². The Morgan fingerprint density at radius 1 is 1.33 bits per heavy atom. The molecule has 0 bridgehead atoms. The molecule has 3 N–H and O–H groups in total. The number of carbonyl (C=O) groups excluding carboxylic acids is 1. The minimum atomic E-state index is -0.212. The molecular weight excluding hydrogens is 210 g/mol. The van der Waals surface area contributed by atoms with Gasteiger partial charge in [0.25, 0.3) is 5.91 Å². The zero-order valence-electron chi connectivity index (χ0n) is 8.63. The Kier molecular flexibility index (Phi) is 4.05. The SMILES string of the molecule is CNC(=S)NNC(=O)c1cccc(C)c1. The molecule has 0 fully saturated rings. The standard InChI is InChI=1S/C10H13N3OS/c1-7-4-3-5-8(6-7)9(14)12-13-10(15)11-2/h3-6H,1-2H3,(H,12,14)(H2,11,13,15). The van der Waals surface area contributed by atoms with Gasteiger partial charge in [0.05, 0.1) is 0 Å². The molecule has 1 amide bonds. The second-order valence-corrected chi connectivity index (χ2v) is 3.44. The van der Waals surface area contributed by atoms with Crippen molar-refractivity contribution in [1.82, 2.24) is 16.2 Å². The van der Waals surface area contributed by atoms with Gasteiger partial charge in [-0.05, 0) is 31.3 Å². The van der Waals surface area contributed by atoms with Crippen LogP contribution in [-0.4, -0.2) is 18.1 Å². The number of amides is 1. The number of hydrogen-bond donors (Lipinski definition) is 3. The summed E-state index contributed by atoms with van der Waals surface area (Å²) in [6.07, 6.45) is 0. The minimum Gasteiger partial charge on any atom is -0.364 e. The van der Waals surface area contributed by atoms with E-state index in [1.54, 1.807) is 19.2 Å². The van der Waals surface area contributed by atoms with E-state index in [2.05, 4.69) is 16.2 Å². The van der Waals surface area contributed by atoms with E-state index in [1.165, 1.54) is 0 Å². The maximum absolute atomic E-state index is 11.6. The van der Waals surface area contributed by atoms with Crippen LogP contribution in [-0.2, 0) is 0 Å². The van der Waals surface area contributed by atoms with E-state index in [4.69, 9.17) is 12.2 Å². The average molecular weight is 223 g/mol. The van der Waals surface area contributed by atoms with Crippen molar-refractivity contribution < 1.29 is 4.79 Å². The van der Waals surface area contributed by atoms with Crippen LogP contribution < -0.4 is 16.2 Å². The van der Waals surface area contributed by atoms with Gasteiger partial charge in [-0.3, -0.25) is 15.6 Å². The molecule has 0 atom stereocenters. The first-order valence-electron chi connectivity index (χ1n) is 4.48. The summed E-state index contributed by atoms with van der Waals surface area (Å²) in [5.41, 5.74) is 6.69. The van der Waals surface area contributed by atoms with E-state index in [0.717, 1.165) is 5.56 Å². The van der Waals surface area contributed by atoms with Gasteiger partial charge in [-0.2, -0.15) is 0 Å². The van der Waals surface area contributed by atoms with Crippen LogP contribution in [0.1, 0.15) is 15.9 Å². The van der Waals surface area contributed by atoms with Crippen LogP contribution in [0.5, 0.6) is 0 Å². The Labute approximate surface area is 94.0 Å². The number of carbonyl (C=O) groups is 1.